The summed E-state index contributed by atoms with van der Waals surface area (Å²) in [6.45, 7) is 0. The molecule has 1 aromatic heterocycles. The fourth-order valence-corrected chi connectivity index (χ4v) is 2.51. The Morgan fingerprint density at radius 2 is 2.35 bits per heavy atom. The van der Waals surface area contributed by atoms with Gasteiger partial charge in [0.25, 0.3) is 0 Å². The molecule has 0 aliphatic rings. The minimum absolute atomic E-state index is 0.391. The highest BCUT2D eigenvalue weighted by Gasteiger charge is 2.06. The van der Waals surface area contributed by atoms with Crippen molar-refractivity contribution in [3.63, 3.8) is 0 Å². The number of carboxylic acid groups (broad SMARTS) is 1. The monoisotopic (exact) mass is 266 g/mol. The van der Waals surface area contributed by atoms with Crippen LogP contribution in [-0.2, 0) is 0 Å². The first-order valence-electron chi connectivity index (χ1n) is 4.79. The number of anilines is 1. The Morgan fingerprint density at radius 3 is 3.06 bits per heavy atom. The van der Waals surface area contributed by atoms with E-state index in [2.05, 4.69) is 10.3 Å². The van der Waals surface area contributed by atoms with Crippen LogP contribution in [0.5, 0.6) is 0 Å². The van der Waals surface area contributed by atoms with E-state index in [0.29, 0.717) is 5.13 Å². The van der Waals surface area contributed by atoms with Crippen molar-refractivity contribution >= 4 is 34.3 Å². The van der Waals surface area contributed by atoms with Crippen LogP contribution in [0.25, 0.3) is 11.3 Å². The molecular weight excluding hydrogens is 256 g/mol. The number of hydrogen-bond donors (Lipinski definition) is 2. The van der Waals surface area contributed by atoms with Gasteiger partial charge in [0.05, 0.1) is 5.69 Å². The predicted octanol–water partition coefficient (Wildman–Crippen LogP) is 3.62. The van der Waals surface area contributed by atoms with Crippen molar-refractivity contribution in [3.05, 3.63) is 29.6 Å². The fraction of sp³-hybridized carbons (Fsp3) is 0.0909. The van der Waals surface area contributed by atoms with Crippen LogP contribution < -0.4 is 5.32 Å². The highest BCUT2D eigenvalue weighted by molar-refractivity contribution is 7.98. The second-order valence-corrected chi connectivity index (χ2v) is 4.94. The summed E-state index contributed by atoms with van der Waals surface area (Å²) in [4.78, 5) is 15.8. The molecule has 0 atom stereocenters. The van der Waals surface area contributed by atoms with Crippen LogP contribution in [0.2, 0.25) is 0 Å². The van der Waals surface area contributed by atoms with Crippen LogP contribution in [-0.4, -0.2) is 22.4 Å². The highest BCUT2D eigenvalue weighted by Crippen LogP contribution is 2.27. The van der Waals surface area contributed by atoms with E-state index in [4.69, 9.17) is 5.11 Å². The van der Waals surface area contributed by atoms with Crippen molar-refractivity contribution in [1.29, 1.82) is 0 Å². The van der Waals surface area contributed by atoms with E-state index in [1.165, 1.54) is 11.3 Å². The number of aromatic nitrogens is 1. The molecule has 0 saturated heterocycles. The molecule has 2 N–H and O–H groups in total. The summed E-state index contributed by atoms with van der Waals surface area (Å²) in [6, 6.07) is 7.98. The van der Waals surface area contributed by atoms with Crippen LogP contribution in [0.3, 0.4) is 0 Å². The van der Waals surface area contributed by atoms with Crippen molar-refractivity contribution in [2.75, 3.05) is 11.6 Å². The molecule has 0 aliphatic heterocycles. The van der Waals surface area contributed by atoms with Gasteiger partial charge in [-0.2, -0.15) is 0 Å². The topological polar surface area (TPSA) is 62.2 Å². The second-order valence-electron chi connectivity index (χ2n) is 3.20. The van der Waals surface area contributed by atoms with E-state index < -0.39 is 6.09 Å². The van der Waals surface area contributed by atoms with Crippen LogP contribution in [0.4, 0.5) is 9.93 Å². The molecule has 2 rings (SSSR count). The maximum atomic E-state index is 10.5. The summed E-state index contributed by atoms with van der Waals surface area (Å²) in [5, 5.41) is 13.1. The van der Waals surface area contributed by atoms with Gasteiger partial charge in [0.15, 0.2) is 5.13 Å². The Bertz CT molecular complexity index is 540. The highest BCUT2D eigenvalue weighted by atomic mass is 32.2. The number of nitrogens with one attached hydrogen (secondary N) is 1. The maximum absolute atomic E-state index is 10.5. The third-order valence-electron chi connectivity index (χ3n) is 2.08. The fourth-order valence-electron chi connectivity index (χ4n) is 1.34. The molecule has 0 unspecified atom stereocenters. The van der Waals surface area contributed by atoms with Crippen molar-refractivity contribution in [2.45, 2.75) is 4.90 Å². The zero-order valence-corrected chi connectivity index (χ0v) is 10.6. The molecule has 0 bridgehead atoms. The van der Waals surface area contributed by atoms with Gasteiger partial charge in [0, 0.05) is 15.8 Å². The van der Waals surface area contributed by atoms with Gasteiger partial charge < -0.3 is 5.11 Å². The zero-order valence-electron chi connectivity index (χ0n) is 9.01. The number of benzene rings is 1. The summed E-state index contributed by atoms with van der Waals surface area (Å²) in [6.07, 6.45) is 0.918. The number of thioether (sulfide) groups is 1. The number of nitrogens with zero attached hydrogens (tertiary/aromatic N) is 1. The first-order valence-corrected chi connectivity index (χ1v) is 6.89. The van der Waals surface area contributed by atoms with Gasteiger partial charge in [-0.05, 0) is 18.4 Å². The Labute approximate surface area is 107 Å². The second kappa shape index (κ2) is 5.20. The first kappa shape index (κ1) is 11.9. The molecule has 1 heterocycles. The Hall–Kier alpha value is -1.53. The molecule has 88 valence electrons. The van der Waals surface area contributed by atoms with Crippen molar-refractivity contribution in [3.8, 4) is 11.3 Å². The number of rotatable bonds is 3. The van der Waals surface area contributed by atoms with Crippen molar-refractivity contribution in [1.82, 2.24) is 4.98 Å². The van der Waals surface area contributed by atoms with Gasteiger partial charge in [0.2, 0.25) is 0 Å². The molecule has 2 aromatic rings. The normalized spacial score (nSPS) is 10.2. The van der Waals surface area contributed by atoms with Crippen LogP contribution >= 0.6 is 23.1 Å². The molecule has 0 saturated carbocycles. The lowest BCUT2D eigenvalue weighted by Crippen LogP contribution is -2.06. The SMILES string of the molecule is CSc1cccc(-c2csc(NC(=O)O)n2)c1. The van der Waals surface area contributed by atoms with Gasteiger partial charge >= 0.3 is 6.09 Å². The number of hydrogen-bond acceptors (Lipinski definition) is 4. The lowest BCUT2D eigenvalue weighted by Gasteiger charge is -1.99. The van der Waals surface area contributed by atoms with E-state index in [1.54, 1.807) is 11.8 Å². The predicted molar refractivity (Wildman–Crippen MR) is 71.0 cm³/mol. The van der Waals surface area contributed by atoms with Gasteiger partial charge in [-0.25, -0.2) is 9.78 Å². The van der Waals surface area contributed by atoms with E-state index in [9.17, 15) is 4.79 Å². The number of amides is 1. The zero-order chi connectivity index (χ0) is 12.3. The summed E-state index contributed by atoms with van der Waals surface area (Å²) in [5.74, 6) is 0. The molecule has 4 nitrogen and oxygen atoms in total. The Morgan fingerprint density at radius 1 is 1.53 bits per heavy atom. The summed E-state index contributed by atoms with van der Waals surface area (Å²) < 4.78 is 0. The lowest BCUT2D eigenvalue weighted by atomic mass is 10.2. The van der Waals surface area contributed by atoms with Gasteiger partial charge in [0.1, 0.15) is 0 Å². The first-order chi connectivity index (χ1) is 8.19. The minimum Gasteiger partial charge on any atom is -0.465 e. The summed E-state index contributed by atoms with van der Waals surface area (Å²) >= 11 is 2.94. The molecular formula is C11H10N2O2S2. The van der Waals surface area contributed by atoms with E-state index in [1.807, 2.05) is 35.9 Å². The Balaban J connectivity index is 2.26. The van der Waals surface area contributed by atoms with Crippen molar-refractivity contribution < 1.29 is 9.90 Å². The number of carbonyl (C=O) groups is 1. The van der Waals surface area contributed by atoms with Crippen LogP contribution in [0, 0.1) is 0 Å². The van der Waals surface area contributed by atoms with E-state index >= 15 is 0 Å². The van der Waals surface area contributed by atoms with E-state index in [0.717, 1.165) is 16.2 Å². The molecule has 0 fully saturated rings. The summed E-state index contributed by atoms with van der Waals surface area (Å²) in [5.41, 5.74) is 1.78. The number of thiazole rings is 1. The average Bonchev–Trinajstić information content (AvgIpc) is 2.77. The smallest absolute Gasteiger partial charge is 0.410 e. The van der Waals surface area contributed by atoms with E-state index in [-0.39, 0.29) is 0 Å². The third-order valence-corrected chi connectivity index (χ3v) is 3.57. The largest absolute Gasteiger partial charge is 0.465 e. The molecule has 6 heteroatoms. The van der Waals surface area contributed by atoms with Gasteiger partial charge in [-0.1, -0.05) is 12.1 Å². The molecule has 1 amide bonds. The average molecular weight is 266 g/mol. The van der Waals surface area contributed by atoms with Gasteiger partial charge in [-0.15, -0.1) is 23.1 Å². The molecule has 0 aliphatic carbocycles. The van der Waals surface area contributed by atoms with Gasteiger partial charge in [-0.3, -0.25) is 5.32 Å². The minimum atomic E-state index is -1.09. The third kappa shape index (κ3) is 2.98. The maximum Gasteiger partial charge on any atom is 0.410 e. The van der Waals surface area contributed by atoms with Crippen LogP contribution in [0.15, 0.2) is 34.5 Å². The standard InChI is InChI=1S/C11H10N2O2S2/c1-16-8-4-2-3-7(5-8)9-6-17-10(12-9)13-11(14)15/h2-6H,1H3,(H,12,13)(H,14,15). The quantitative estimate of drug-likeness (QED) is 0.833. The van der Waals surface area contributed by atoms with Crippen LogP contribution in [0.1, 0.15) is 0 Å². The van der Waals surface area contributed by atoms with Crippen molar-refractivity contribution in [2.24, 2.45) is 0 Å². The molecule has 17 heavy (non-hydrogen) atoms. The molecule has 1 aromatic carbocycles. The molecule has 0 spiro atoms. The Kier molecular flexibility index (Phi) is 3.65. The lowest BCUT2D eigenvalue weighted by molar-refractivity contribution is 0.209. The summed E-state index contributed by atoms with van der Waals surface area (Å²) in [7, 11) is 0. The molecule has 0 radical (unpaired) electrons.